The number of aliphatic hydroxyl groups excluding tert-OH is 2. The molecule has 2 aromatic heterocycles. The first-order valence-corrected chi connectivity index (χ1v) is 19.5. The van der Waals surface area contributed by atoms with E-state index in [2.05, 4.69) is 45.1 Å². The van der Waals surface area contributed by atoms with E-state index in [9.17, 15) is 10.2 Å². The summed E-state index contributed by atoms with van der Waals surface area (Å²) in [5, 5.41) is 24.3. The van der Waals surface area contributed by atoms with E-state index in [-0.39, 0.29) is 12.1 Å². The van der Waals surface area contributed by atoms with E-state index in [4.69, 9.17) is 27.0 Å². The SMILES string of the molecule is C=C[C@H]1CN2CCC1C[C@H]2[C@H](O)c1ccnc2ccc(OC)cc12.C=C[C@H]1CN2CCC1C[C@H]2[C@H](O)c1ccnc2ccc(OC)cc12.O=S(=O)(O)O. The van der Waals surface area contributed by atoms with Gasteiger partial charge in [-0.05, 0) is 122 Å². The smallest absolute Gasteiger partial charge is 0.394 e. The molecule has 6 saturated heterocycles. The van der Waals surface area contributed by atoms with Gasteiger partial charge in [0.25, 0.3) is 0 Å². The van der Waals surface area contributed by atoms with Gasteiger partial charge in [0.05, 0.1) is 37.5 Å². The number of rotatable bonds is 8. The van der Waals surface area contributed by atoms with Crippen molar-refractivity contribution >= 4 is 32.2 Å². The normalized spacial score (nSPS) is 28.5. The van der Waals surface area contributed by atoms with Crippen LogP contribution in [0.3, 0.4) is 0 Å². The molecule has 53 heavy (non-hydrogen) atoms. The summed E-state index contributed by atoms with van der Waals surface area (Å²) in [6.45, 7) is 12.1. The lowest BCUT2D eigenvalue weighted by molar-refractivity contribution is -0.0445. The number of piperidine rings is 6. The van der Waals surface area contributed by atoms with Crippen molar-refractivity contribution in [3.05, 3.63) is 97.4 Å². The molecule has 4 N–H and O–H groups in total. The van der Waals surface area contributed by atoms with E-state index in [1.807, 2.05) is 48.5 Å². The van der Waals surface area contributed by atoms with Gasteiger partial charge in [-0.15, -0.1) is 13.2 Å². The Morgan fingerprint density at radius 2 is 1.13 bits per heavy atom. The number of aromatic nitrogens is 2. The number of ether oxygens (including phenoxy) is 2. The lowest BCUT2D eigenvalue weighted by Gasteiger charge is -2.50. The summed E-state index contributed by atoms with van der Waals surface area (Å²) in [6, 6.07) is 15.9. The largest absolute Gasteiger partial charge is 0.497 e. The molecule has 0 radical (unpaired) electrons. The maximum absolute atomic E-state index is 11.2. The van der Waals surface area contributed by atoms with Crippen LogP contribution in [0, 0.1) is 23.7 Å². The fourth-order valence-electron chi connectivity index (χ4n) is 8.89. The second-order valence-electron chi connectivity index (χ2n) is 14.4. The van der Waals surface area contributed by atoms with Crippen molar-refractivity contribution in [3.63, 3.8) is 0 Å². The van der Waals surface area contributed by atoms with E-state index < -0.39 is 22.6 Å². The second-order valence-corrected chi connectivity index (χ2v) is 15.3. The zero-order valence-electron chi connectivity index (χ0n) is 30.2. The maximum Gasteiger partial charge on any atom is 0.394 e. The van der Waals surface area contributed by atoms with Crippen LogP contribution in [0.15, 0.2) is 86.2 Å². The summed E-state index contributed by atoms with van der Waals surface area (Å²) < 4.78 is 42.3. The van der Waals surface area contributed by atoms with Gasteiger partial charge in [0.1, 0.15) is 11.5 Å². The minimum atomic E-state index is -4.67. The second kappa shape index (κ2) is 16.6. The molecule has 4 unspecified atom stereocenters. The number of methoxy groups -OCH3 is 2. The Bertz CT molecular complexity index is 1890. The lowest BCUT2D eigenvalue weighted by atomic mass is 9.73. The molecule has 6 aliphatic heterocycles. The molecule has 4 bridgehead atoms. The Labute approximate surface area is 311 Å². The third-order valence-electron chi connectivity index (χ3n) is 11.6. The molecule has 4 aromatic rings. The highest BCUT2D eigenvalue weighted by Crippen LogP contribution is 2.43. The first-order valence-electron chi connectivity index (χ1n) is 18.1. The quantitative estimate of drug-likeness (QED) is 0.129. The van der Waals surface area contributed by atoms with Crippen molar-refractivity contribution in [2.75, 3.05) is 40.4 Å². The van der Waals surface area contributed by atoms with Gasteiger partial charge in [-0.3, -0.25) is 28.9 Å². The molecule has 12 nitrogen and oxygen atoms in total. The first-order chi connectivity index (χ1) is 25.4. The Hall–Kier alpha value is -3.95. The monoisotopic (exact) mass is 746 g/mol. The first kappa shape index (κ1) is 38.8. The average molecular weight is 747 g/mol. The van der Waals surface area contributed by atoms with Gasteiger partial charge in [-0.2, -0.15) is 8.42 Å². The average Bonchev–Trinajstić information content (AvgIpc) is 3.19. The van der Waals surface area contributed by atoms with Crippen molar-refractivity contribution < 1.29 is 37.2 Å². The fourth-order valence-corrected chi connectivity index (χ4v) is 8.89. The highest BCUT2D eigenvalue weighted by molar-refractivity contribution is 7.79. The van der Waals surface area contributed by atoms with Crippen LogP contribution in [0.25, 0.3) is 21.8 Å². The van der Waals surface area contributed by atoms with Crippen molar-refractivity contribution in [3.8, 4) is 11.5 Å². The Balaban J connectivity index is 0.000000161. The number of fused-ring (bicyclic) bond motifs is 8. The van der Waals surface area contributed by atoms with Gasteiger partial charge in [0.15, 0.2) is 0 Å². The van der Waals surface area contributed by atoms with Gasteiger partial charge in [-0.25, -0.2) is 0 Å². The molecule has 8 heterocycles. The van der Waals surface area contributed by atoms with E-state index in [0.29, 0.717) is 23.7 Å². The molecule has 0 spiro atoms. The minimum absolute atomic E-state index is 0.178. The fraction of sp³-hybridized carbons (Fsp3) is 0.450. The Morgan fingerprint density at radius 3 is 1.45 bits per heavy atom. The third kappa shape index (κ3) is 8.73. The van der Waals surface area contributed by atoms with Crippen LogP contribution in [0.4, 0.5) is 0 Å². The molecule has 6 fully saturated rings. The zero-order chi connectivity index (χ0) is 37.9. The van der Waals surface area contributed by atoms with Crippen molar-refractivity contribution in [2.24, 2.45) is 23.7 Å². The van der Waals surface area contributed by atoms with Gasteiger partial charge in [-0.1, -0.05) is 12.2 Å². The van der Waals surface area contributed by atoms with Crippen molar-refractivity contribution in [1.82, 2.24) is 19.8 Å². The Kier molecular flexibility index (Phi) is 12.1. The van der Waals surface area contributed by atoms with Gasteiger partial charge in [0.2, 0.25) is 0 Å². The summed E-state index contributed by atoms with van der Waals surface area (Å²) in [5.74, 6) is 4.01. The molecule has 0 saturated carbocycles. The number of hydrogen-bond acceptors (Lipinski definition) is 10. The molecule has 6 aliphatic rings. The standard InChI is InChI=1S/2C20H24N2O2.H2O4S/c2*1-3-13-12-22-9-7-14(13)10-19(22)20(23)16-6-8-21-18-5-4-15(24-2)11-17(16)18;1-5(2,3)4/h2*3-6,8,11,13-14,19-20,23H,1,7,9-10,12H2,2H3;(H2,1,2,3,4)/t2*13-,14?,19-,20+;/m00./s1. The number of benzene rings is 2. The molecule has 0 amide bonds. The van der Waals surface area contributed by atoms with Gasteiger partial charge in [0, 0.05) is 48.3 Å². The predicted molar refractivity (Wildman–Crippen MR) is 204 cm³/mol. The molecule has 2 aromatic carbocycles. The lowest BCUT2D eigenvalue weighted by Crippen LogP contribution is -2.54. The van der Waals surface area contributed by atoms with Crippen LogP contribution in [0.5, 0.6) is 11.5 Å². The summed E-state index contributed by atoms with van der Waals surface area (Å²) in [7, 11) is -1.34. The summed E-state index contributed by atoms with van der Waals surface area (Å²) >= 11 is 0. The third-order valence-corrected chi connectivity index (χ3v) is 11.6. The number of pyridine rings is 2. The number of aliphatic hydroxyl groups is 2. The molecule has 284 valence electrons. The van der Waals surface area contributed by atoms with Gasteiger partial charge < -0.3 is 19.7 Å². The van der Waals surface area contributed by atoms with Crippen molar-refractivity contribution in [2.45, 2.75) is 50.0 Å². The summed E-state index contributed by atoms with van der Waals surface area (Å²) in [6.07, 6.45) is 11.2. The van der Waals surface area contributed by atoms with E-state index in [0.717, 1.165) is 83.5 Å². The zero-order valence-corrected chi connectivity index (χ0v) is 31.1. The van der Waals surface area contributed by atoms with Crippen LogP contribution >= 0.6 is 0 Å². The molecular weight excluding hydrogens is 697 g/mol. The van der Waals surface area contributed by atoms with Crippen LogP contribution in [-0.4, -0.2) is 100.0 Å². The molecule has 0 aliphatic carbocycles. The van der Waals surface area contributed by atoms with Crippen molar-refractivity contribution in [1.29, 1.82) is 0 Å². The highest BCUT2D eigenvalue weighted by atomic mass is 32.3. The topological polar surface area (TPSA) is 166 Å². The molecule has 10 atom stereocenters. The van der Waals surface area contributed by atoms with E-state index >= 15 is 0 Å². The van der Waals surface area contributed by atoms with E-state index in [1.54, 1.807) is 26.6 Å². The van der Waals surface area contributed by atoms with Crippen LogP contribution in [0.2, 0.25) is 0 Å². The number of nitrogens with zero attached hydrogens (tertiary/aromatic N) is 4. The van der Waals surface area contributed by atoms with Gasteiger partial charge >= 0.3 is 10.4 Å². The van der Waals surface area contributed by atoms with Crippen LogP contribution < -0.4 is 9.47 Å². The Morgan fingerprint density at radius 1 is 0.736 bits per heavy atom. The van der Waals surface area contributed by atoms with Crippen LogP contribution in [-0.2, 0) is 10.4 Å². The molecule has 13 heteroatoms. The summed E-state index contributed by atoms with van der Waals surface area (Å²) in [4.78, 5) is 13.7. The minimum Gasteiger partial charge on any atom is -0.497 e. The predicted octanol–water partition coefficient (Wildman–Crippen LogP) is 5.69. The maximum atomic E-state index is 11.2. The highest BCUT2D eigenvalue weighted by Gasteiger charge is 2.43. The molecule has 10 rings (SSSR count). The number of hydrogen-bond donors (Lipinski definition) is 4. The summed E-state index contributed by atoms with van der Waals surface area (Å²) in [5.41, 5.74) is 3.69. The van der Waals surface area contributed by atoms with Crippen LogP contribution in [0.1, 0.15) is 49.0 Å². The van der Waals surface area contributed by atoms with E-state index in [1.165, 1.54) is 12.8 Å². The molecular formula is C40H50N4O8S.